The molecule has 2 N–H and O–H groups in total. The lowest BCUT2D eigenvalue weighted by molar-refractivity contribution is -0.134. The van der Waals surface area contributed by atoms with Crippen molar-refractivity contribution in [3.8, 4) is 10.4 Å². The predicted octanol–water partition coefficient (Wildman–Crippen LogP) is 5.28. The van der Waals surface area contributed by atoms with Gasteiger partial charge in [-0.3, -0.25) is 4.79 Å². The van der Waals surface area contributed by atoms with Crippen molar-refractivity contribution in [1.29, 1.82) is 0 Å². The van der Waals surface area contributed by atoms with E-state index in [1.54, 1.807) is 0 Å². The lowest BCUT2D eigenvalue weighted by atomic mass is 9.91. The third kappa shape index (κ3) is 5.89. The summed E-state index contributed by atoms with van der Waals surface area (Å²) in [5, 5.41) is 6.88. The Morgan fingerprint density at radius 2 is 1.88 bits per heavy atom. The smallest absolute Gasteiger partial charge is 0.222 e. The number of alkyl halides is 1. The molecule has 3 aliphatic rings. The predicted molar refractivity (Wildman–Crippen MR) is 138 cm³/mol. The van der Waals surface area contributed by atoms with Crippen LogP contribution in [-0.4, -0.2) is 55.2 Å². The number of thiophene rings is 1. The van der Waals surface area contributed by atoms with Crippen LogP contribution in [0.4, 0.5) is 4.39 Å². The minimum atomic E-state index is -1.19. The molecule has 1 aromatic carbocycles. The molecule has 1 aromatic heterocycles. The Morgan fingerprint density at radius 3 is 2.62 bits per heavy atom. The van der Waals surface area contributed by atoms with E-state index < -0.39 is 5.67 Å². The van der Waals surface area contributed by atoms with E-state index in [2.05, 4.69) is 54.0 Å². The topological polar surface area (TPSA) is 44.4 Å². The van der Waals surface area contributed by atoms with Gasteiger partial charge in [-0.25, -0.2) is 4.39 Å². The summed E-state index contributed by atoms with van der Waals surface area (Å²) >= 11 is 1.86. The number of amides is 1. The van der Waals surface area contributed by atoms with Gasteiger partial charge in [0.25, 0.3) is 0 Å². The molecule has 2 atom stereocenters. The summed E-state index contributed by atoms with van der Waals surface area (Å²) in [6.07, 6.45) is 5.94. The molecule has 2 unspecified atom stereocenters. The second-order valence-electron chi connectivity index (χ2n) is 10.7. The highest BCUT2D eigenvalue weighted by molar-refractivity contribution is 7.15. The minimum Gasteiger partial charge on any atom is -0.342 e. The molecule has 3 heterocycles. The van der Waals surface area contributed by atoms with Gasteiger partial charge in [0, 0.05) is 60.6 Å². The van der Waals surface area contributed by atoms with Crippen LogP contribution in [0.3, 0.4) is 0 Å². The van der Waals surface area contributed by atoms with Crippen molar-refractivity contribution < 1.29 is 9.18 Å². The summed E-state index contributed by atoms with van der Waals surface area (Å²) < 4.78 is 15.5. The zero-order valence-electron chi connectivity index (χ0n) is 20.3. The normalized spacial score (nSPS) is 24.8. The molecule has 1 aliphatic carbocycles. The third-order valence-corrected chi connectivity index (χ3v) is 9.30. The molecular weight excluding hydrogens is 445 g/mol. The summed E-state index contributed by atoms with van der Waals surface area (Å²) in [7, 11) is 0. The van der Waals surface area contributed by atoms with Crippen LogP contribution < -0.4 is 10.6 Å². The van der Waals surface area contributed by atoms with Gasteiger partial charge in [-0.1, -0.05) is 29.8 Å². The summed E-state index contributed by atoms with van der Waals surface area (Å²) in [6.45, 7) is 5.77. The van der Waals surface area contributed by atoms with E-state index in [1.807, 2.05) is 16.2 Å². The van der Waals surface area contributed by atoms with Gasteiger partial charge in [-0.05, 0) is 69.3 Å². The number of hydrogen-bond donors (Lipinski definition) is 2. The molecule has 4 nitrogen and oxygen atoms in total. The number of carbonyl (C=O) groups excluding carboxylic acids is 1. The largest absolute Gasteiger partial charge is 0.342 e. The fraction of sp³-hybridized carbons (Fsp3) is 0.607. The van der Waals surface area contributed by atoms with Crippen molar-refractivity contribution in [2.24, 2.45) is 5.92 Å². The van der Waals surface area contributed by atoms with E-state index >= 15 is 4.39 Å². The third-order valence-electron chi connectivity index (χ3n) is 8.04. The molecule has 2 aromatic rings. The van der Waals surface area contributed by atoms with Crippen LogP contribution >= 0.6 is 11.3 Å². The molecule has 0 radical (unpaired) electrons. The number of benzene rings is 1. The van der Waals surface area contributed by atoms with Crippen molar-refractivity contribution >= 4 is 17.2 Å². The number of piperidine rings is 2. The molecule has 2 saturated heterocycles. The molecule has 2 aliphatic heterocycles. The Morgan fingerprint density at radius 1 is 1.15 bits per heavy atom. The Bertz CT molecular complexity index is 960. The number of rotatable bonds is 8. The monoisotopic (exact) mass is 483 g/mol. The lowest BCUT2D eigenvalue weighted by Crippen LogP contribution is -2.49. The molecule has 184 valence electrons. The first-order chi connectivity index (χ1) is 16.5. The van der Waals surface area contributed by atoms with Gasteiger partial charge in [0.15, 0.2) is 0 Å². The SMILES string of the molecule is Cc1ccc(-c2ccc(C3CC3NCC3(F)CCN(C(=O)CCC4CCNCC4)CC3)s2)cc1. The molecule has 34 heavy (non-hydrogen) atoms. The maximum absolute atomic E-state index is 15.5. The molecule has 5 rings (SSSR count). The van der Waals surface area contributed by atoms with Crippen molar-refractivity contribution in [1.82, 2.24) is 15.5 Å². The van der Waals surface area contributed by atoms with Crippen molar-refractivity contribution in [3.05, 3.63) is 46.8 Å². The number of nitrogens with zero attached hydrogens (tertiary/aromatic N) is 1. The van der Waals surface area contributed by atoms with Gasteiger partial charge < -0.3 is 15.5 Å². The average Bonchev–Trinajstić information content (AvgIpc) is 3.48. The van der Waals surface area contributed by atoms with Crippen LogP contribution in [-0.2, 0) is 4.79 Å². The summed E-state index contributed by atoms with van der Waals surface area (Å²) in [6, 6.07) is 13.5. The van der Waals surface area contributed by atoms with Gasteiger partial charge in [0.1, 0.15) is 5.67 Å². The van der Waals surface area contributed by atoms with Crippen LogP contribution in [0.25, 0.3) is 10.4 Å². The first-order valence-electron chi connectivity index (χ1n) is 13.1. The Labute approximate surface area is 207 Å². The van der Waals surface area contributed by atoms with E-state index in [0.29, 0.717) is 56.8 Å². The average molecular weight is 484 g/mol. The first kappa shape index (κ1) is 24.0. The van der Waals surface area contributed by atoms with Crippen LogP contribution in [0.15, 0.2) is 36.4 Å². The number of nitrogens with one attached hydrogen (secondary N) is 2. The van der Waals surface area contributed by atoms with Gasteiger partial charge in [-0.2, -0.15) is 0 Å². The standard InChI is InChI=1S/C28H38FN3OS/c1-20-2-5-22(6-3-20)25-7-8-26(34-25)23-18-24(23)31-19-28(29)12-16-32(17-13-28)27(33)9-4-21-10-14-30-15-11-21/h2-3,5-8,21,23-24,30-31H,4,9-19H2,1H3. The van der Waals surface area contributed by atoms with Crippen molar-refractivity contribution in [3.63, 3.8) is 0 Å². The van der Waals surface area contributed by atoms with E-state index in [4.69, 9.17) is 0 Å². The Hall–Kier alpha value is -1.76. The maximum atomic E-state index is 15.5. The summed E-state index contributed by atoms with van der Waals surface area (Å²) in [4.78, 5) is 17.2. The second-order valence-corrected chi connectivity index (χ2v) is 11.8. The Kier molecular flexibility index (Phi) is 7.38. The molecule has 0 bridgehead atoms. The van der Waals surface area contributed by atoms with Crippen LogP contribution in [0.5, 0.6) is 0 Å². The zero-order valence-corrected chi connectivity index (χ0v) is 21.1. The maximum Gasteiger partial charge on any atom is 0.222 e. The van der Waals surface area contributed by atoms with Crippen LogP contribution in [0.2, 0.25) is 0 Å². The van der Waals surface area contributed by atoms with Gasteiger partial charge in [-0.15, -0.1) is 11.3 Å². The van der Waals surface area contributed by atoms with E-state index in [9.17, 15) is 4.79 Å². The fourth-order valence-corrected chi connectivity index (χ4v) is 6.66. The van der Waals surface area contributed by atoms with Crippen molar-refractivity contribution in [2.75, 3.05) is 32.7 Å². The number of halogens is 1. The first-order valence-corrected chi connectivity index (χ1v) is 13.9. The highest BCUT2D eigenvalue weighted by Gasteiger charge is 2.42. The number of aryl methyl sites for hydroxylation is 1. The van der Waals surface area contributed by atoms with E-state index in [-0.39, 0.29) is 5.91 Å². The number of likely N-dealkylation sites (tertiary alicyclic amines) is 1. The van der Waals surface area contributed by atoms with Gasteiger partial charge in [0.2, 0.25) is 5.91 Å². The van der Waals surface area contributed by atoms with Crippen LogP contribution in [0, 0.1) is 12.8 Å². The Balaban J connectivity index is 1.04. The molecule has 0 spiro atoms. The van der Waals surface area contributed by atoms with E-state index in [1.165, 1.54) is 33.7 Å². The van der Waals surface area contributed by atoms with E-state index in [0.717, 1.165) is 25.9 Å². The number of carbonyl (C=O) groups is 1. The minimum absolute atomic E-state index is 0.220. The number of hydrogen-bond acceptors (Lipinski definition) is 4. The zero-order chi connectivity index (χ0) is 23.5. The van der Waals surface area contributed by atoms with Crippen molar-refractivity contribution in [2.45, 2.75) is 69.5 Å². The molecule has 3 fully saturated rings. The molecule has 1 saturated carbocycles. The molecular formula is C28H38FN3OS. The fourth-order valence-electron chi connectivity index (χ4n) is 5.46. The van der Waals surface area contributed by atoms with Gasteiger partial charge >= 0.3 is 0 Å². The molecule has 1 amide bonds. The highest BCUT2D eigenvalue weighted by Crippen LogP contribution is 2.46. The second kappa shape index (κ2) is 10.5. The van der Waals surface area contributed by atoms with Gasteiger partial charge in [0.05, 0.1) is 0 Å². The summed E-state index contributed by atoms with van der Waals surface area (Å²) in [5.41, 5.74) is 1.35. The lowest BCUT2D eigenvalue weighted by Gasteiger charge is -2.37. The van der Waals surface area contributed by atoms with Crippen LogP contribution in [0.1, 0.15) is 61.3 Å². The molecule has 6 heteroatoms. The quantitative estimate of drug-likeness (QED) is 0.537. The summed E-state index contributed by atoms with van der Waals surface area (Å²) in [5.74, 6) is 1.39. The highest BCUT2D eigenvalue weighted by atomic mass is 32.1.